The monoisotopic (exact) mass is 529 g/mol. The molecule has 0 radical (unpaired) electrons. The number of amides is 2. The molecule has 10 heteroatoms. The fourth-order valence-corrected chi connectivity index (χ4v) is 4.04. The lowest BCUT2D eigenvalue weighted by atomic mass is 10.2. The molecule has 0 atom stereocenters. The van der Waals surface area contributed by atoms with E-state index in [0.717, 1.165) is 25.0 Å². The maximum atomic E-state index is 13.0. The zero-order valence-corrected chi connectivity index (χ0v) is 21.3. The molecule has 1 aromatic heterocycles. The smallest absolute Gasteiger partial charge is 0.274 e. The first kappa shape index (κ1) is 28.2. The Morgan fingerprint density at radius 3 is 2.57 bits per heavy atom. The number of rotatable bonds is 12. The predicted octanol–water partition coefficient (Wildman–Crippen LogP) is 4.05. The third-order valence-electron chi connectivity index (χ3n) is 5.97. The number of carbonyl (C=O) groups is 2. The number of furan rings is 1. The number of hydrogen-bond donors (Lipinski definition) is 2. The molecule has 0 spiro atoms. The molecule has 0 aliphatic carbocycles. The Morgan fingerprint density at radius 1 is 1.08 bits per heavy atom. The topological polar surface area (TPSA) is 104 Å². The summed E-state index contributed by atoms with van der Waals surface area (Å²) in [6.45, 7) is 4.63. The van der Waals surface area contributed by atoms with Gasteiger partial charge in [-0.15, -0.1) is 12.4 Å². The summed E-state index contributed by atoms with van der Waals surface area (Å²) in [5, 5.41) is 9.63. The van der Waals surface area contributed by atoms with Gasteiger partial charge in [-0.05, 0) is 56.3 Å². The number of fused-ring (bicyclic) bond motifs is 1. The first-order valence-corrected chi connectivity index (χ1v) is 12.1. The fraction of sp³-hybridized carbons (Fsp3) is 0.333. The molecule has 2 N–H and O–H groups in total. The molecule has 2 aromatic carbocycles. The second-order valence-corrected chi connectivity index (χ2v) is 8.45. The van der Waals surface area contributed by atoms with E-state index in [4.69, 9.17) is 19.1 Å². The molecule has 0 saturated carbocycles. The minimum absolute atomic E-state index is 0. The molecular formula is C27H32ClN3O6. The van der Waals surface area contributed by atoms with Crippen molar-refractivity contribution >= 4 is 41.1 Å². The van der Waals surface area contributed by atoms with E-state index in [9.17, 15) is 9.59 Å². The minimum Gasteiger partial charge on any atom is -0.492 e. The number of nitrogens with zero attached hydrogens (tertiary/aromatic N) is 2. The molecule has 2 amide bonds. The first-order chi connectivity index (χ1) is 17.6. The second kappa shape index (κ2) is 14.4. The van der Waals surface area contributed by atoms with Crippen LogP contribution in [0.2, 0.25) is 0 Å². The molecule has 198 valence electrons. The van der Waals surface area contributed by atoms with Gasteiger partial charge >= 0.3 is 0 Å². The predicted molar refractivity (Wildman–Crippen MR) is 143 cm³/mol. The average molecular weight is 530 g/mol. The number of para-hydroxylation sites is 1. The van der Waals surface area contributed by atoms with Crippen LogP contribution >= 0.6 is 12.4 Å². The van der Waals surface area contributed by atoms with E-state index in [1.54, 1.807) is 23.7 Å². The molecule has 2 heterocycles. The molecule has 0 unspecified atom stereocenters. The molecule has 1 aliphatic rings. The SMILES string of the molecule is Cl.O=C(NO)c1ccc(OCCN(C(=O)C=CCOCCN2CCCC2)c2cc3ccccc3o2)cc1. The van der Waals surface area contributed by atoms with Crippen molar-refractivity contribution in [2.45, 2.75) is 12.8 Å². The van der Waals surface area contributed by atoms with Gasteiger partial charge < -0.3 is 18.8 Å². The zero-order valence-electron chi connectivity index (χ0n) is 20.5. The summed E-state index contributed by atoms with van der Waals surface area (Å²) in [6.07, 6.45) is 5.71. The van der Waals surface area contributed by atoms with Gasteiger partial charge in [-0.2, -0.15) is 0 Å². The number of anilines is 1. The van der Waals surface area contributed by atoms with Crippen LogP contribution in [0, 0.1) is 0 Å². The molecule has 3 aromatic rings. The van der Waals surface area contributed by atoms with E-state index in [1.807, 2.05) is 30.3 Å². The number of hydroxylamine groups is 1. The Labute approximate surface area is 222 Å². The van der Waals surface area contributed by atoms with Crippen molar-refractivity contribution in [1.82, 2.24) is 10.4 Å². The largest absolute Gasteiger partial charge is 0.492 e. The van der Waals surface area contributed by atoms with Crippen molar-refractivity contribution in [2.24, 2.45) is 0 Å². The summed E-state index contributed by atoms with van der Waals surface area (Å²) < 4.78 is 17.4. The number of halogens is 1. The van der Waals surface area contributed by atoms with Crippen LogP contribution < -0.4 is 15.1 Å². The van der Waals surface area contributed by atoms with Crippen molar-refractivity contribution in [3.05, 3.63) is 72.3 Å². The number of likely N-dealkylation sites (tertiary alicyclic amines) is 1. The highest BCUT2D eigenvalue weighted by atomic mass is 35.5. The van der Waals surface area contributed by atoms with E-state index < -0.39 is 5.91 Å². The lowest BCUT2D eigenvalue weighted by Crippen LogP contribution is -2.33. The van der Waals surface area contributed by atoms with E-state index in [1.165, 1.54) is 36.0 Å². The Bertz CT molecular complexity index is 1140. The van der Waals surface area contributed by atoms with Gasteiger partial charge in [0, 0.05) is 29.6 Å². The van der Waals surface area contributed by atoms with Crippen LogP contribution in [-0.4, -0.2) is 67.9 Å². The maximum Gasteiger partial charge on any atom is 0.274 e. The molecule has 37 heavy (non-hydrogen) atoms. The number of carbonyl (C=O) groups excluding carboxylic acids is 2. The third kappa shape index (κ3) is 8.06. The fourth-order valence-electron chi connectivity index (χ4n) is 4.04. The summed E-state index contributed by atoms with van der Waals surface area (Å²) >= 11 is 0. The van der Waals surface area contributed by atoms with Crippen molar-refractivity contribution in [2.75, 3.05) is 50.9 Å². The first-order valence-electron chi connectivity index (χ1n) is 12.1. The quantitative estimate of drug-likeness (QED) is 0.158. The van der Waals surface area contributed by atoms with Crippen LogP contribution in [-0.2, 0) is 9.53 Å². The van der Waals surface area contributed by atoms with Crippen LogP contribution in [0.3, 0.4) is 0 Å². The maximum absolute atomic E-state index is 13.0. The van der Waals surface area contributed by atoms with Gasteiger partial charge in [0.25, 0.3) is 11.8 Å². The molecule has 1 saturated heterocycles. The molecule has 1 aliphatic heterocycles. The van der Waals surface area contributed by atoms with Crippen LogP contribution in [0.5, 0.6) is 5.75 Å². The van der Waals surface area contributed by atoms with E-state index in [0.29, 0.717) is 36.0 Å². The van der Waals surface area contributed by atoms with Gasteiger partial charge in [0.2, 0.25) is 5.88 Å². The highest BCUT2D eigenvalue weighted by Crippen LogP contribution is 2.26. The highest BCUT2D eigenvalue weighted by Gasteiger charge is 2.18. The number of ether oxygens (including phenoxy) is 2. The lowest BCUT2D eigenvalue weighted by Gasteiger charge is -2.18. The van der Waals surface area contributed by atoms with Gasteiger partial charge in [0.1, 0.15) is 17.9 Å². The standard InChI is InChI=1S/C27H31N3O6.ClH/c31-25(8-5-17-34-18-15-29-13-3-4-14-29)30(26-20-22-6-1-2-7-24(22)36-26)16-19-35-23-11-9-21(10-12-23)27(32)28-33;/h1-2,5-12,20,33H,3-4,13-19H2,(H,28,32);1H. The Hall–Kier alpha value is -3.37. The van der Waals surface area contributed by atoms with Gasteiger partial charge in [-0.25, -0.2) is 5.48 Å². The van der Waals surface area contributed by atoms with Gasteiger partial charge in [-0.3, -0.25) is 19.7 Å². The van der Waals surface area contributed by atoms with Gasteiger partial charge in [0.15, 0.2) is 0 Å². The van der Waals surface area contributed by atoms with Crippen molar-refractivity contribution in [3.63, 3.8) is 0 Å². The van der Waals surface area contributed by atoms with Crippen LogP contribution in [0.15, 0.2) is 71.2 Å². The van der Waals surface area contributed by atoms with Crippen molar-refractivity contribution < 1.29 is 28.7 Å². The summed E-state index contributed by atoms with van der Waals surface area (Å²) in [5.74, 6) is 0.119. The zero-order chi connectivity index (χ0) is 25.2. The Kier molecular flexibility index (Phi) is 11.0. The Balaban J connectivity index is 0.00000380. The van der Waals surface area contributed by atoms with E-state index in [-0.39, 0.29) is 31.5 Å². The summed E-state index contributed by atoms with van der Waals surface area (Å²) in [7, 11) is 0. The summed E-state index contributed by atoms with van der Waals surface area (Å²) in [6, 6.07) is 15.7. The average Bonchev–Trinajstić information content (AvgIpc) is 3.58. The normalized spacial score (nSPS) is 13.5. The van der Waals surface area contributed by atoms with E-state index >= 15 is 0 Å². The molecule has 0 bridgehead atoms. The molecule has 1 fully saturated rings. The Morgan fingerprint density at radius 2 is 1.84 bits per heavy atom. The third-order valence-corrected chi connectivity index (χ3v) is 5.97. The van der Waals surface area contributed by atoms with Crippen LogP contribution in [0.4, 0.5) is 5.88 Å². The second-order valence-electron chi connectivity index (χ2n) is 8.45. The lowest BCUT2D eigenvalue weighted by molar-refractivity contribution is -0.114. The van der Waals surface area contributed by atoms with Gasteiger partial charge in [0.05, 0.1) is 19.8 Å². The summed E-state index contributed by atoms with van der Waals surface area (Å²) in [5.41, 5.74) is 2.58. The number of hydrogen-bond acceptors (Lipinski definition) is 7. The highest BCUT2D eigenvalue weighted by molar-refractivity contribution is 6.01. The number of nitrogens with one attached hydrogen (secondary N) is 1. The minimum atomic E-state index is -0.602. The number of benzene rings is 2. The van der Waals surface area contributed by atoms with Crippen molar-refractivity contribution in [1.29, 1.82) is 0 Å². The van der Waals surface area contributed by atoms with Crippen molar-refractivity contribution in [3.8, 4) is 5.75 Å². The summed E-state index contributed by atoms with van der Waals surface area (Å²) in [4.78, 5) is 28.4. The molecule has 4 rings (SSSR count). The van der Waals surface area contributed by atoms with Gasteiger partial charge in [-0.1, -0.05) is 24.3 Å². The molecular weight excluding hydrogens is 498 g/mol. The molecule has 9 nitrogen and oxygen atoms in total. The van der Waals surface area contributed by atoms with Crippen LogP contribution in [0.1, 0.15) is 23.2 Å². The van der Waals surface area contributed by atoms with Crippen LogP contribution in [0.25, 0.3) is 11.0 Å². The van der Waals surface area contributed by atoms with E-state index in [2.05, 4.69) is 4.90 Å².